The van der Waals surface area contributed by atoms with Crippen molar-refractivity contribution in [1.29, 1.82) is 0 Å². The normalized spacial score (nSPS) is 17.1. The monoisotopic (exact) mass is 374 g/mol. The van der Waals surface area contributed by atoms with E-state index in [1.165, 1.54) is 12.1 Å². The van der Waals surface area contributed by atoms with E-state index in [1.54, 1.807) is 11.0 Å². The fraction of sp³-hybridized carbons (Fsp3) is 0.500. The molecule has 0 saturated carbocycles. The van der Waals surface area contributed by atoms with E-state index in [0.717, 1.165) is 29.4 Å². The Morgan fingerprint density at radius 2 is 2.07 bits per heavy atom. The van der Waals surface area contributed by atoms with Crippen molar-refractivity contribution in [2.45, 2.75) is 33.2 Å². The molecule has 0 bridgehead atoms. The topological polar surface area (TPSA) is 68.4 Å². The SMILES string of the molecule is CCN(CC)C(=O)[C@@H]1CCCN(C(=O)NCc2cc3cc(F)ccc3[nH]2)C1. The average Bonchev–Trinajstić information content (AvgIpc) is 3.09. The number of hydrogen-bond donors (Lipinski definition) is 2. The number of nitrogens with one attached hydrogen (secondary N) is 2. The largest absolute Gasteiger partial charge is 0.357 e. The highest BCUT2D eigenvalue weighted by Gasteiger charge is 2.30. The molecule has 1 aliphatic rings. The van der Waals surface area contributed by atoms with Crippen molar-refractivity contribution in [2.75, 3.05) is 26.2 Å². The number of nitrogens with zero attached hydrogens (tertiary/aromatic N) is 2. The molecule has 0 radical (unpaired) electrons. The highest BCUT2D eigenvalue weighted by Crippen LogP contribution is 2.20. The minimum absolute atomic E-state index is 0.125. The van der Waals surface area contributed by atoms with Crippen molar-refractivity contribution in [1.82, 2.24) is 20.1 Å². The lowest BCUT2D eigenvalue weighted by atomic mass is 9.96. The molecule has 2 aromatic rings. The Labute approximate surface area is 158 Å². The molecule has 0 aliphatic carbocycles. The molecule has 2 heterocycles. The fourth-order valence-corrected chi connectivity index (χ4v) is 3.70. The molecule has 0 unspecified atom stereocenters. The zero-order chi connectivity index (χ0) is 19.4. The summed E-state index contributed by atoms with van der Waals surface area (Å²) in [5.41, 5.74) is 1.65. The highest BCUT2D eigenvalue weighted by molar-refractivity contribution is 5.82. The fourth-order valence-electron chi connectivity index (χ4n) is 3.70. The number of benzene rings is 1. The smallest absolute Gasteiger partial charge is 0.317 e. The number of urea groups is 1. The number of piperidine rings is 1. The van der Waals surface area contributed by atoms with Crippen molar-refractivity contribution in [2.24, 2.45) is 5.92 Å². The summed E-state index contributed by atoms with van der Waals surface area (Å²) in [6.45, 7) is 6.78. The van der Waals surface area contributed by atoms with Crippen LogP contribution in [0.2, 0.25) is 0 Å². The second kappa shape index (κ2) is 8.41. The minimum atomic E-state index is -0.283. The van der Waals surface area contributed by atoms with E-state index >= 15 is 0 Å². The van der Waals surface area contributed by atoms with Crippen LogP contribution in [0.5, 0.6) is 0 Å². The molecule has 6 nitrogen and oxygen atoms in total. The number of aromatic nitrogens is 1. The lowest BCUT2D eigenvalue weighted by Gasteiger charge is -2.34. The van der Waals surface area contributed by atoms with Crippen LogP contribution < -0.4 is 5.32 Å². The Balaban J connectivity index is 1.57. The maximum absolute atomic E-state index is 13.3. The number of hydrogen-bond acceptors (Lipinski definition) is 2. The van der Waals surface area contributed by atoms with Gasteiger partial charge in [0.15, 0.2) is 0 Å². The van der Waals surface area contributed by atoms with Gasteiger partial charge in [-0.3, -0.25) is 4.79 Å². The van der Waals surface area contributed by atoms with Crippen molar-refractivity contribution >= 4 is 22.8 Å². The second-order valence-corrected chi connectivity index (χ2v) is 6.98. The van der Waals surface area contributed by atoms with Gasteiger partial charge in [0, 0.05) is 42.8 Å². The molecule has 0 spiro atoms. The third-order valence-electron chi connectivity index (χ3n) is 5.20. The number of H-pyrrole nitrogens is 1. The molecule has 2 N–H and O–H groups in total. The number of aromatic amines is 1. The van der Waals surface area contributed by atoms with Crippen LogP contribution in [0, 0.1) is 11.7 Å². The zero-order valence-electron chi connectivity index (χ0n) is 15.9. The van der Waals surface area contributed by atoms with E-state index in [-0.39, 0.29) is 23.7 Å². The molecule has 1 aliphatic heterocycles. The van der Waals surface area contributed by atoms with Crippen molar-refractivity contribution in [3.05, 3.63) is 35.8 Å². The standard InChI is InChI=1S/C20H27FN4O2/c1-3-24(4-2)19(26)14-6-5-9-25(13-14)20(27)22-12-17-11-15-10-16(21)7-8-18(15)23-17/h7-8,10-11,14,23H,3-6,9,12-13H2,1-2H3,(H,22,27)/t14-/m1/s1. The maximum Gasteiger partial charge on any atom is 0.317 e. The van der Waals surface area contributed by atoms with Crippen molar-refractivity contribution < 1.29 is 14.0 Å². The predicted octanol–water partition coefficient (Wildman–Crippen LogP) is 3.10. The number of amides is 3. The first-order chi connectivity index (χ1) is 13.0. The number of rotatable bonds is 5. The van der Waals surface area contributed by atoms with Gasteiger partial charge < -0.3 is 20.1 Å². The number of carbonyl (C=O) groups is 2. The Morgan fingerprint density at radius 3 is 2.81 bits per heavy atom. The van der Waals surface area contributed by atoms with Gasteiger partial charge in [0.05, 0.1) is 12.5 Å². The van der Waals surface area contributed by atoms with Gasteiger partial charge in [-0.2, -0.15) is 0 Å². The number of halogens is 1. The van der Waals surface area contributed by atoms with Crippen LogP contribution in [0.4, 0.5) is 9.18 Å². The average molecular weight is 374 g/mol. The van der Waals surface area contributed by atoms with Crippen LogP contribution in [-0.4, -0.2) is 52.9 Å². The Hall–Kier alpha value is -2.57. The molecule has 146 valence electrons. The molecule has 3 amide bonds. The first kappa shape index (κ1) is 19.2. The quantitative estimate of drug-likeness (QED) is 0.844. The van der Waals surface area contributed by atoms with E-state index < -0.39 is 0 Å². The summed E-state index contributed by atoms with van der Waals surface area (Å²) < 4.78 is 13.3. The second-order valence-electron chi connectivity index (χ2n) is 6.98. The molecular weight excluding hydrogens is 347 g/mol. The summed E-state index contributed by atoms with van der Waals surface area (Å²) in [5, 5.41) is 3.68. The first-order valence-electron chi connectivity index (χ1n) is 9.60. The van der Waals surface area contributed by atoms with Gasteiger partial charge in [-0.15, -0.1) is 0 Å². The highest BCUT2D eigenvalue weighted by atomic mass is 19.1. The molecule has 27 heavy (non-hydrogen) atoms. The minimum Gasteiger partial charge on any atom is -0.357 e. The molecular formula is C20H27FN4O2. The molecule has 1 fully saturated rings. The lowest BCUT2D eigenvalue weighted by Crippen LogP contribution is -2.49. The lowest BCUT2D eigenvalue weighted by molar-refractivity contribution is -0.136. The van der Waals surface area contributed by atoms with E-state index in [9.17, 15) is 14.0 Å². The van der Waals surface area contributed by atoms with Gasteiger partial charge in [-0.1, -0.05) is 0 Å². The number of fused-ring (bicyclic) bond motifs is 1. The molecule has 3 rings (SSSR count). The van der Waals surface area contributed by atoms with Gasteiger partial charge in [0.1, 0.15) is 5.82 Å². The molecule has 1 aromatic carbocycles. The molecule has 1 atom stereocenters. The molecule has 1 aromatic heterocycles. The molecule has 7 heteroatoms. The van der Waals surface area contributed by atoms with Crippen LogP contribution in [0.1, 0.15) is 32.4 Å². The van der Waals surface area contributed by atoms with E-state index in [1.807, 2.05) is 24.8 Å². The van der Waals surface area contributed by atoms with Crippen LogP contribution in [0.25, 0.3) is 10.9 Å². The summed E-state index contributed by atoms with van der Waals surface area (Å²) in [5.74, 6) is -0.273. The first-order valence-corrected chi connectivity index (χ1v) is 9.60. The van der Waals surface area contributed by atoms with Gasteiger partial charge >= 0.3 is 6.03 Å². The maximum atomic E-state index is 13.3. The summed E-state index contributed by atoms with van der Waals surface area (Å²) in [4.78, 5) is 31.8. The van der Waals surface area contributed by atoms with Gasteiger partial charge in [-0.25, -0.2) is 9.18 Å². The van der Waals surface area contributed by atoms with E-state index in [4.69, 9.17) is 0 Å². The van der Waals surface area contributed by atoms with Crippen molar-refractivity contribution in [3.63, 3.8) is 0 Å². The summed E-state index contributed by atoms with van der Waals surface area (Å²) in [6.07, 6.45) is 1.66. The Bertz CT molecular complexity index is 815. The zero-order valence-corrected chi connectivity index (χ0v) is 15.9. The van der Waals surface area contributed by atoms with Gasteiger partial charge in [-0.05, 0) is 51.0 Å². The van der Waals surface area contributed by atoms with Gasteiger partial charge in [0.2, 0.25) is 5.91 Å². The van der Waals surface area contributed by atoms with Gasteiger partial charge in [0.25, 0.3) is 0 Å². The summed E-state index contributed by atoms with van der Waals surface area (Å²) >= 11 is 0. The Kier molecular flexibility index (Phi) is 5.98. The number of likely N-dealkylation sites (tertiary alicyclic amines) is 1. The summed E-state index contributed by atoms with van der Waals surface area (Å²) in [6, 6.07) is 6.22. The van der Waals surface area contributed by atoms with Crippen LogP contribution in [0.3, 0.4) is 0 Å². The van der Waals surface area contributed by atoms with Crippen LogP contribution in [0.15, 0.2) is 24.3 Å². The number of carbonyl (C=O) groups excluding carboxylic acids is 2. The van der Waals surface area contributed by atoms with E-state index in [0.29, 0.717) is 32.7 Å². The predicted molar refractivity (Wildman–Crippen MR) is 103 cm³/mol. The summed E-state index contributed by atoms with van der Waals surface area (Å²) in [7, 11) is 0. The van der Waals surface area contributed by atoms with Crippen LogP contribution >= 0.6 is 0 Å². The van der Waals surface area contributed by atoms with Crippen LogP contribution in [-0.2, 0) is 11.3 Å². The van der Waals surface area contributed by atoms with E-state index in [2.05, 4.69) is 10.3 Å². The third-order valence-corrected chi connectivity index (χ3v) is 5.20. The Morgan fingerprint density at radius 1 is 1.30 bits per heavy atom. The molecule has 1 saturated heterocycles. The van der Waals surface area contributed by atoms with Crippen molar-refractivity contribution in [3.8, 4) is 0 Å². The third kappa shape index (κ3) is 4.40.